The second-order valence-corrected chi connectivity index (χ2v) is 9.30. The van der Waals surface area contributed by atoms with Gasteiger partial charge < -0.3 is 19.9 Å². The van der Waals surface area contributed by atoms with Crippen LogP contribution in [-0.2, 0) is 32.7 Å². The molecule has 2 N–H and O–H groups in total. The van der Waals surface area contributed by atoms with Crippen molar-refractivity contribution in [3.63, 3.8) is 0 Å². The van der Waals surface area contributed by atoms with Crippen LogP contribution in [0.5, 0.6) is 0 Å². The smallest absolute Gasteiger partial charge is 0.391 e. The van der Waals surface area contributed by atoms with Gasteiger partial charge in [-0.15, -0.1) is 10.2 Å². The number of benzene rings is 1. The Balaban J connectivity index is 1.46. The van der Waals surface area contributed by atoms with Crippen molar-refractivity contribution in [3.8, 4) is 0 Å². The highest BCUT2D eigenvalue weighted by molar-refractivity contribution is 5.56. The number of nitrogens with zero attached hydrogens (tertiary/aromatic N) is 5. The van der Waals surface area contributed by atoms with Crippen LogP contribution in [0, 0.1) is 0 Å². The Morgan fingerprint density at radius 2 is 2.03 bits per heavy atom. The number of hydrogen-bond donors (Lipinski definition) is 2. The van der Waals surface area contributed by atoms with Gasteiger partial charge in [-0.05, 0) is 53.6 Å². The first-order valence-corrected chi connectivity index (χ1v) is 11.4. The largest absolute Gasteiger partial charge is 0.416 e. The van der Waals surface area contributed by atoms with E-state index in [1.807, 2.05) is 28.6 Å². The molecule has 7 nitrogen and oxygen atoms in total. The third-order valence-electron chi connectivity index (χ3n) is 6.88. The van der Waals surface area contributed by atoms with Crippen molar-refractivity contribution in [2.24, 2.45) is 7.05 Å². The SMILES string of the molecule is CC(Cc1nncn1C)c1cc(N[C@@H]2CC[C@@H]2O)nc(N2Cc3cccc(C(F)(F)F)c3C2)c1. The Kier molecular flexibility index (Phi) is 5.71. The fourth-order valence-electron chi connectivity index (χ4n) is 4.63. The number of halogens is 3. The monoisotopic (exact) mass is 472 g/mol. The summed E-state index contributed by atoms with van der Waals surface area (Å²) in [4.78, 5) is 6.61. The topological polar surface area (TPSA) is 79.1 Å². The van der Waals surface area contributed by atoms with Crippen LogP contribution in [0.3, 0.4) is 0 Å². The predicted octanol–water partition coefficient (Wildman–Crippen LogP) is 4.03. The molecule has 180 valence electrons. The maximum absolute atomic E-state index is 13.6. The normalized spacial score (nSPS) is 20.7. The first kappa shape index (κ1) is 22.6. The van der Waals surface area contributed by atoms with E-state index in [9.17, 15) is 18.3 Å². The van der Waals surface area contributed by atoms with Crippen LogP contribution in [0.15, 0.2) is 36.7 Å². The second-order valence-electron chi connectivity index (χ2n) is 9.30. The van der Waals surface area contributed by atoms with E-state index in [1.165, 1.54) is 6.07 Å². The molecule has 0 saturated heterocycles. The molecule has 1 aliphatic heterocycles. The minimum atomic E-state index is -4.39. The van der Waals surface area contributed by atoms with Crippen LogP contribution in [0.25, 0.3) is 0 Å². The van der Waals surface area contributed by atoms with E-state index < -0.39 is 17.8 Å². The van der Waals surface area contributed by atoms with Gasteiger partial charge in [0.25, 0.3) is 0 Å². The van der Waals surface area contributed by atoms with Gasteiger partial charge in [-0.1, -0.05) is 19.1 Å². The van der Waals surface area contributed by atoms with E-state index in [2.05, 4.69) is 22.4 Å². The number of hydrogen-bond acceptors (Lipinski definition) is 6. The summed E-state index contributed by atoms with van der Waals surface area (Å²) >= 11 is 0. The fourth-order valence-corrected chi connectivity index (χ4v) is 4.63. The lowest BCUT2D eigenvalue weighted by atomic mass is 9.89. The number of pyridine rings is 1. The van der Waals surface area contributed by atoms with Gasteiger partial charge in [0.1, 0.15) is 23.8 Å². The molecule has 1 aliphatic carbocycles. The van der Waals surface area contributed by atoms with E-state index in [0.717, 1.165) is 30.3 Å². The Hall–Kier alpha value is -3.14. The van der Waals surface area contributed by atoms with Crippen LogP contribution in [0.1, 0.15) is 53.8 Å². The molecule has 3 atom stereocenters. The summed E-state index contributed by atoms with van der Waals surface area (Å²) in [5, 5.41) is 21.5. The van der Waals surface area contributed by atoms with Gasteiger partial charge in [0.15, 0.2) is 0 Å². The molecule has 0 radical (unpaired) electrons. The Morgan fingerprint density at radius 1 is 1.21 bits per heavy atom. The van der Waals surface area contributed by atoms with Gasteiger partial charge in [-0.2, -0.15) is 13.2 Å². The van der Waals surface area contributed by atoms with Crippen LogP contribution in [0.2, 0.25) is 0 Å². The van der Waals surface area contributed by atoms with Gasteiger partial charge in [0, 0.05) is 26.6 Å². The molecule has 10 heteroatoms. The summed E-state index contributed by atoms with van der Waals surface area (Å²) in [6, 6.07) is 8.18. The van der Waals surface area contributed by atoms with Gasteiger partial charge in [-0.3, -0.25) is 0 Å². The Morgan fingerprint density at radius 3 is 2.68 bits per heavy atom. The summed E-state index contributed by atoms with van der Waals surface area (Å²) in [6.07, 6.45) is -0.909. The number of aryl methyl sites for hydroxylation is 1. The number of aliphatic hydroxyl groups excluding tert-OH is 1. The fraction of sp³-hybridized carbons (Fsp3) is 0.458. The van der Waals surface area contributed by atoms with E-state index in [-0.39, 0.29) is 18.5 Å². The lowest BCUT2D eigenvalue weighted by Gasteiger charge is -2.34. The maximum atomic E-state index is 13.6. The number of fused-ring (bicyclic) bond motifs is 1. The third kappa shape index (κ3) is 4.34. The summed E-state index contributed by atoms with van der Waals surface area (Å²) < 4.78 is 42.6. The second kappa shape index (κ2) is 8.57. The lowest BCUT2D eigenvalue weighted by Crippen LogP contribution is -2.43. The molecule has 0 spiro atoms. The molecule has 2 aromatic heterocycles. The third-order valence-corrected chi connectivity index (χ3v) is 6.88. The zero-order valence-corrected chi connectivity index (χ0v) is 19.0. The number of alkyl halides is 3. The molecular formula is C24H27F3N6O. The van der Waals surface area contributed by atoms with Crippen LogP contribution in [-0.4, -0.2) is 37.0 Å². The first-order valence-electron chi connectivity index (χ1n) is 11.4. The molecule has 0 bridgehead atoms. The average Bonchev–Trinajstić information content (AvgIpc) is 3.41. The minimum Gasteiger partial charge on any atom is -0.391 e. The highest BCUT2D eigenvalue weighted by Crippen LogP contribution is 2.39. The molecule has 1 aromatic carbocycles. The molecule has 1 saturated carbocycles. The maximum Gasteiger partial charge on any atom is 0.416 e. The lowest BCUT2D eigenvalue weighted by molar-refractivity contribution is -0.138. The highest BCUT2D eigenvalue weighted by atomic mass is 19.4. The van der Waals surface area contributed by atoms with E-state index in [4.69, 9.17) is 4.98 Å². The standard InChI is InChI=1S/C24H27F3N6O/c1-14(8-23-31-28-13-32(23)2)16-9-21(29-19-6-7-20(19)34)30-22(10-16)33-11-15-4-3-5-18(17(15)12-33)24(25,26)27/h3-5,9-10,13-14,19-20,34H,6-8,11-12H2,1-2H3,(H,29,30)/t14?,19-,20+/m1/s1. The summed E-state index contributed by atoms with van der Waals surface area (Å²) in [7, 11) is 1.89. The number of anilines is 2. The molecule has 5 rings (SSSR count). The molecule has 34 heavy (non-hydrogen) atoms. The van der Waals surface area contributed by atoms with Crippen LogP contribution >= 0.6 is 0 Å². The van der Waals surface area contributed by atoms with Gasteiger partial charge in [0.2, 0.25) is 0 Å². The average molecular weight is 473 g/mol. The first-order chi connectivity index (χ1) is 16.2. The van der Waals surface area contributed by atoms with Crippen molar-refractivity contribution in [1.82, 2.24) is 19.7 Å². The summed E-state index contributed by atoms with van der Waals surface area (Å²) in [6.45, 7) is 2.58. The molecule has 3 aromatic rings. The van der Waals surface area contributed by atoms with Crippen molar-refractivity contribution >= 4 is 11.6 Å². The molecule has 1 fully saturated rings. The van der Waals surface area contributed by atoms with Crippen molar-refractivity contribution in [2.75, 3.05) is 10.2 Å². The van der Waals surface area contributed by atoms with Crippen LogP contribution < -0.4 is 10.2 Å². The zero-order valence-electron chi connectivity index (χ0n) is 19.0. The number of aliphatic hydroxyl groups is 1. The predicted molar refractivity (Wildman–Crippen MR) is 121 cm³/mol. The minimum absolute atomic E-state index is 0.0720. The quantitative estimate of drug-likeness (QED) is 0.564. The van der Waals surface area contributed by atoms with E-state index in [1.54, 1.807) is 12.4 Å². The highest BCUT2D eigenvalue weighted by Gasteiger charge is 2.37. The Labute approximate surface area is 195 Å². The molecule has 0 amide bonds. The number of aromatic nitrogens is 4. The molecule has 1 unspecified atom stereocenters. The molecular weight excluding hydrogens is 445 g/mol. The number of rotatable bonds is 6. The van der Waals surface area contributed by atoms with Gasteiger partial charge >= 0.3 is 6.18 Å². The molecule has 3 heterocycles. The molecule has 2 aliphatic rings. The van der Waals surface area contributed by atoms with Gasteiger partial charge in [0.05, 0.1) is 17.7 Å². The van der Waals surface area contributed by atoms with Crippen molar-refractivity contribution in [2.45, 2.75) is 63.5 Å². The summed E-state index contributed by atoms with van der Waals surface area (Å²) in [5.41, 5.74) is 1.38. The van der Waals surface area contributed by atoms with Crippen LogP contribution in [0.4, 0.5) is 24.8 Å². The zero-order chi connectivity index (χ0) is 24.0. The van der Waals surface area contributed by atoms with E-state index >= 15 is 0 Å². The van der Waals surface area contributed by atoms with E-state index in [0.29, 0.717) is 35.7 Å². The number of nitrogens with one attached hydrogen (secondary N) is 1. The van der Waals surface area contributed by atoms with Gasteiger partial charge in [-0.25, -0.2) is 4.98 Å². The van der Waals surface area contributed by atoms with Crippen molar-refractivity contribution in [1.29, 1.82) is 0 Å². The van der Waals surface area contributed by atoms with Crippen molar-refractivity contribution in [3.05, 3.63) is 64.7 Å². The summed E-state index contributed by atoms with van der Waals surface area (Å²) in [5.74, 6) is 2.15. The van der Waals surface area contributed by atoms with Crippen molar-refractivity contribution < 1.29 is 18.3 Å². The Bertz CT molecular complexity index is 1190.